The van der Waals surface area contributed by atoms with Gasteiger partial charge in [0.2, 0.25) is 0 Å². The molecule has 1 N–H and O–H groups in total. The fourth-order valence-electron chi connectivity index (χ4n) is 1.21. The standard InChI is InChI=1S/C11H23NO2/c1-5-10(13)11(3,4)9-14-8-7-12-6-2/h12H,5-9H2,1-4H3. The molecular weight excluding hydrogens is 178 g/mol. The lowest BCUT2D eigenvalue weighted by Crippen LogP contribution is -2.30. The number of Topliss-reactive ketones (excluding diaryl/α,β-unsaturated/α-hetero) is 1. The number of likely N-dealkylation sites (N-methyl/N-ethyl adjacent to an activating group) is 1. The van der Waals surface area contributed by atoms with E-state index in [-0.39, 0.29) is 11.2 Å². The van der Waals surface area contributed by atoms with Crippen molar-refractivity contribution in [3.63, 3.8) is 0 Å². The zero-order valence-corrected chi connectivity index (χ0v) is 9.85. The van der Waals surface area contributed by atoms with E-state index >= 15 is 0 Å². The number of nitrogens with one attached hydrogen (secondary N) is 1. The van der Waals surface area contributed by atoms with Gasteiger partial charge < -0.3 is 10.1 Å². The molecule has 84 valence electrons. The molecule has 0 fully saturated rings. The molecule has 0 bridgehead atoms. The van der Waals surface area contributed by atoms with Crippen LogP contribution in [0.15, 0.2) is 0 Å². The molecular formula is C11H23NO2. The quantitative estimate of drug-likeness (QED) is 0.606. The van der Waals surface area contributed by atoms with Crippen LogP contribution in [-0.4, -0.2) is 32.1 Å². The Morgan fingerprint density at radius 3 is 2.50 bits per heavy atom. The Morgan fingerprint density at radius 2 is 2.00 bits per heavy atom. The number of carbonyl (C=O) groups excluding carboxylic acids is 1. The molecule has 0 heterocycles. The minimum atomic E-state index is -0.332. The van der Waals surface area contributed by atoms with Gasteiger partial charge in [0.1, 0.15) is 5.78 Å². The van der Waals surface area contributed by atoms with Crippen molar-refractivity contribution >= 4 is 5.78 Å². The molecule has 0 atom stereocenters. The lowest BCUT2D eigenvalue weighted by molar-refractivity contribution is -0.129. The second-order valence-corrected chi connectivity index (χ2v) is 4.07. The summed E-state index contributed by atoms with van der Waals surface area (Å²) < 4.78 is 5.44. The maximum absolute atomic E-state index is 11.5. The minimum absolute atomic E-state index is 0.265. The van der Waals surface area contributed by atoms with Crippen molar-refractivity contribution in [1.82, 2.24) is 5.32 Å². The van der Waals surface area contributed by atoms with E-state index in [1.807, 2.05) is 20.8 Å². The first kappa shape index (κ1) is 13.6. The van der Waals surface area contributed by atoms with E-state index in [0.717, 1.165) is 13.1 Å². The normalized spacial score (nSPS) is 11.7. The van der Waals surface area contributed by atoms with Crippen LogP contribution in [-0.2, 0) is 9.53 Å². The molecule has 0 aromatic carbocycles. The summed E-state index contributed by atoms with van der Waals surface area (Å²) in [5.74, 6) is 0.265. The van der Waals surface area contributed by atoms with Crippen molar-refractivity contribution in [3.8, 4) is 0 Å². The topological polar surface area (TPSA) is 38.3 Å². The number of hydrogen-bond acceptors (Lipinski definition) is 3. The first-order chi connectivity index (χ1) is 6.54. The molecule has 0 saturated carbocycles. The summed E-state index contributed by atoms with van der Waals surface area (Å²) >= 11 is 0. The maximum Gasteiger partial charge on any atom is 0.140 e. The van der Waals surface area contributed by atoms with Crippen LogP contribution in [0.4, 0.5) is 0 Å². The third-order valence-corrected chi connectivity index (χ3v) is 2.21. The van der Waals surface area contributed by atoms with Gasteiger partial charge in [-0.25, -0.2) is 0 Å². The first-order valence-electron chi connectivity index (χ1n) is 5.36. The predicted octanol–water partition coefficient (Wildman–Crippen LogP) is 1.62. The third kappa shape index (κ3) is 5.35. The molecule has 0 radical (unpaired) electrons. The number of hydrogen-bond donors (Lipinski definition) is 1. The van der Waals surface area contributed by atoms with E-state index < -0.39 is 0 Å². The van der Waals surface area contributed by atoms with Gasteiger partial charge in [-0.3, -0.25) is 4.79 Å². The van der Waals surface area contributed by atoms with E-state index in [9.17, 15) is 4.79 Å². The molecule has 0 aliphatic carbocycles. The van der Waals surface area contributed by atoms with Crippen molar-refractivity contribution in [3.05, 3.63) is 0 Å². The fourth-order valence-corrected chi connectivity index (χ4v) is 1.21. The Bertz CT molecular complexity index is 167. The molecule has 0 aliphatic heterocycles. The number of ketones is 1. The lowest BCUT2D eigenvalue weighted by Gasteiger charge is -2.22. The average Bonchev–Trinajstić information content (AvgIpc) is 2.16. The van der Waals surface area contributed by atoms with Crippen LogP contribution in [0.3, 0.4) is 0 Å². The molecule has 14 heavy (non-hydrogen) atoms. The van der Waals surface area contributed by atoms with Gasteiger partial charge in [0.05, 0.1) is 13.2 Å². The van der Waals surface area contributed by atoms with E-state index in [0.29, 0.717) is 19.6 Å². The van der Waals surface area contributed by atoms with Gasteiger partial charge in [-0.2, -0.15) is 0 Å². The van der Waals surface area contributed by atoms with Gasteiger partial charge in [0.15, 0.2) is 0 Å². The summed E-state index contributed by atoms with van der Waals surface area (Å²) in [5, 5.41) is 3.17. The lowest BCUT2D eigenvalue weighted by atomic mass is 9.88. The highest BCUT2D eigenvalue weighted by Crippen LogP contribution is 2.18. The van der Waals surface area contributed by atoms with Crippen molar-refractivity contribution in [2.45, 2.75) is 34.1 Å². The van der Waals surface area contributed by atoms with Gasteiger partial charge >= 0.3 is 0 Å². The van der Waals surface area contributed by atoms with Crippen LogP contribution in [0.1, 0.15) is 34.1 Å². The molecule has 0 rings (SSSR count). The molecule has 3 nitrogen and oxygen atoms in total. The Balaban J connectivity index is 3.60. The van der Waals surface area contributed by atoms with Crippen LogP contribution in [0.2, 0.25) is 0 Å². The van der Waals surface area contributed by atoms with E-state index in [1.54, 1.807) is 0 Å². The van der Waals surface area contributed by atoms with Crippen molar-refractivity contribution < 1.29 is 9.53 Å². The van der Waals surface area contributed by atoms with Crippen LogP contribution in [0, 0.1) is 5.41 Å². The highest BCUT2D eigenvalue weighted by atomic mass is 16.5. The van der Waals surface area contributed by atoms with Crippen LogP contribution in [0.5, 0.6) is 0 Å². The summed E-state index contributed by atoms with van der Waals surface area (Å²) in [6.45, 7) is 10.8. The molecule has 0 aromatic rings. The Kier molecular flexibility index (Phi) is 6.75. The highest BCUT2D eigenvalue weighted by molar-refractivity contribution is 5.83. The van der Waals surface area contributed by atoms with Gasteiger partial charge in [-0.05, 0) is 6.54 Å². The molecule has 0 unspecified atom stereocenters. The van der Waals surface area contributed by atoms with Crippen molar-refractivity contribution in [1.29, 1.82) is 0 Å². The summed E-state index contributed by atoms with van der Waals surface area (Å²) in [7, 11) is 0. The second kappa shape index (κ2) is 6.96. The first-order valence-corrected chi connectivity index (χ1v) is 5.36. The van der Waals surface area contributed by atoms with E-state index in [2.05, 4.69) is 12.2 Å². The summed E-state index contributed by atoms with van der Waals surface area (Å²) in [6, 6.07) is 0. The Morgan fingerprint density at radius 1 is 1.36 bits per heavy atom. The third-order valence-electron chi connectivity index (χ3n) is 2.21. The minimum Gasteiger partial charge on any atom is -0.379 e. The van der Waals surface area contributed by atoms with Gasteiger partial charge in [0.25, 0.3) is 0 Å². The Labute approximate surface area is 87.2 Å². The monoisotopic (exact) mass is 201 g/mol. The zero-order chi connectivity index (χ0) is 11.0. The van der Waals surface area contributed by atoms with Crippen LogP contribution in [0.25, 0.3) is 0 Å². The van der Waals surface area contributed by atoms with Crippen LogP contribution < -0.4 is 5.32 Å². The second-order valence-electron chi connectivity index (χ2n) is 4.07. The summed E-state index contributed by atoms with van der Waals surface area (Å²) in [6.07, 6.45) is 0.587. The number of carbonyl (C=O) groups is 1. The van der Waals surface area contributed by atoms with Gasteiger partial charge in [0, 0.05) is 18.4 Å². The van der Waals surface area contributed by atoms with E-state index in [4.69, 9.17) is 4.74 Å². The van der Waals surface area contributed by atoms with Gasteiger partial charge in [-0.1, -0.05) is 27.7 Å². The van der Waals surface area contributed by atoms with Gasteiger partial charge in [-0.15, -0.1) is 0 Å². The van der Waals surface area contributed by atoms with Crippen molar-refractivity contribution in [2.24, 2.45) is 5.41 Å². The molecule has 0 saturated heterocycles. The summed E-state index contributed by atoms with van der Waals surface area (Å²) in [5.41, 5.74) is -0.332. The molecule has 0 amide bonds. The smallest absolute Gasteiger partial charge is 0.140 e. The number of rotatable bonds is 8. The molecule has 0 aliphatic rings. The van der Waals surface area contributed by atoms with E-state index in [1.165, 1.54) is 0 Å². The average molecular weight is 201 g/mol. The predicted molar refractivity (Wildman–Crippen MR) is 58.4 cm³/mol. The molecule has 0 aromatic heterocycles. The molecule has 0 spiro atoms. The van der Waals surface area contributed by atoms with Crippen LogP contribution >= 0.6 is 0 Å². The molecule has 3 heteroatoms. The number of ether oxygens (including phenoxy) is 1. The largest absolute Gasteiger partial charge is 0.379 e. The Hall–Kier alpha value is -0.410. The highest BCUT2D eigenvalue weighted by Gasteiger charge is 2.25. The zero-order valence-electron chi connectivity index (χ0n) is 9.85. The SMILES string of the molecule is CCNCCOCC(C)(C)C(=O)CC. The fraction of sp³-hybridized carbons (Fsp3) is 0.909. The van der Waals surface area contributed by atoms with Crippen molar-refractivity contribution in [2.75, 3.05) is 26.3 Å². The maximum atomic E-state index is 11.5. The summed E-state index contributed by atoms with van der Waals surface area (Å²) in [4.78, 5) is 11.5.